The van der Waals surface area contributed by atoms with Crippen molar-refractivity contribution in [1.82, 2.24) is 15.2 Å². The van der Waals surface area contributed by atoms with Gasteiger partial charge in [-0.2, -0.15) is 0 Å². The van der Waals surface area contributed by atoms with E-state index in [4.69, 9.17) is 17.0 Å². The first kappa shape index (κ1) is 26.0. The molecular weight excluding hydrogens is 519 g/mol. The standard InChI is InChI=1S/C29H27FN4O2S2/c1-18-5-3-4-6-20(18)15-27(35)33-29(37)32-21-7-8-24(22(30)16-21)36-25-9-12-31-23-17-26(38-28(23)25)19-10-13-34(2)14-11-19/h3-10,12,16-17H,11,13-15H2,1-2H3,(H2,32,33,35,37). The Morgan fingerprint density at radius 1 is 1.18 bits per heavy atom. The van der Waals surface area contributed by atoms with Crippen LogP contribution in [0.4, 0.5) is 10.1 Å². The van der Waals surface area contributed by atoms with Gasteiger partial charge in [0.15, 0.2) is 16.7 Å². The largest absolute Gasteiger partial charge is 0.453 e. The molecule has 0 unspecified atom stereocenters. The number of likely N-dealkylation sites (N-methyl/N-ethyl adjacent to an activating group) is 1. The molecule has 0 radical (unpaired) electrons. The van der Waals surface area contributed by atoms with E-state index < -0.39 is 5.82 Å². The number of nitrogens with zero attached hydrogens (tertiary/aromatic N) is 2. The molecule has 0 aliphatic carbocycles. The predicted molar refractivity (Wildman–Crippen MR) is 155 cm³/mol. The highest BCUT2D eigenvalue weighted by Crippen LogP contribution is 2.39. The maximum atomic E-state index is 15.0. The van der Waals surface area contributed by atoms with E-state index in [1.807, 2.05) is 31.2 Å². The second-order valence-electron chi connectivity index (χ2n) is 9.23. The van der Waals surface area contributed by atoms with Crippen LogP contribution in [0.2, 0.25) is 0 Å². The number of halogens is 1. The lowest BCUT2D eigenvalue weighted by Gasteiger charge is -2.21. The van der Waals surface area contributed by atoms with E-state index in [-0.39, 0.29) is 23.2 Å². The van der Waals surface area contributed by atoms with Gasteiger partial charge in [0, 0.05) is 42.0 Å². The number of amides is 1. The summed E-state index contributed by atoms with van der Waals surface area (Å²) >= 11 is 6.86. The Morgan fingerprint density at radius 3 is 2.79 bits per heavy atom. The molecule has 0 fully saturated rings. The first-order valence-corrected chi connectivity index (χ1v) is 13.5. The summed E-state index contributed by atoms with van der Waals surface area (Å²) in [6.45, 7) is 3.89. The quantitative estimate of drug-likeness (QED) is 0.276. The molecule has 0 spiro atoms. The number of pyridine rings is 1. The molecule has 0 atom stereocenters. The van der Waals surface area contributed by atoms with E-state index in [1.54, 1.807) is 29.7 Å². The van der Waals surface area contributed by atoms with Crippen LogP contribution < -0.4 is 15.4 Å². The molecule has 0 bridgehead atoms. The average Bonchev–Trinajstić information content (AvgIpc) is 3.33. The van der Waals surface area contributed by atoms with E-state index in [0.717, 1.165) is 45.7 Å². The number of rotatable bonds is 6. The van der Waals surface area contributed by atoms with Gasteiger partial charge in [-0.05, 0) is 67.5 Å². The second kappa shape index (κ2) is 11.4. The molecule has 4 aromatic rings. The van der Waals surface area contributed by atoms with Gasteiger partial charge < -0.3 is 20.3 Å². The highest BCUT2D eigenvalue weighted by molar-refractivity contribution is 7.80. The smallest absolute Gasteiger partial charge is 0.230 e. The Hall–Kier alpha value is -3.66. The van der Waals surface area contributed by atoms with Gasteiger partial charge in [-0.15, -0.1) is 11.3 Å². The van der Waals surface area contributed by atoms with Crippen LogP contribution in [-0.2, 0) is 11.2 Å². The highest BCUT2D eigenvalue weighted by atomic mass is 32.1. The zero-order valence-electron chi connectivity index (χ0n) is 21.1. The Bertz CT molecular complexity index is 1550. The van der Waals surface area contributed by atoms with E-state index in [0.29, 0.717) is 11.4 Å². The van der Waals surface area contributed by atoms with E-state index in [9.17, 15) is 9.18 Å². The minimum absolute atomic E-state index is 0.0889. The molecule has 194 valence electrons. The number of thiocarbonyl (C=S) groups is 1. The molecule has 6 nitrogen and oxygen atoms in total. The Kier molecular flexibility index (Phi) is 7.78. The Labute approximate surface area is 230 Å². The predicted octanol–water partition coefficient (Wildman–Crippen LogP) is 6.31. The number of aryl methyl sites for hydroxylation is 1. The highest BCUT2D eigenvalue weighted by Gasteiger charge is 2.16. The summed E-state index contributed by atoms with van der Waals surface area (Å²) in [5.74, 6) is -0.154. The van der Waals surface area contributed by atoms with Crippen LogP contribution in [0.15, 0.2) is 66.9 Å². The summed E-state index contributed by atoms with van der Waals surface area (Å²) in [5.41, 5.74) is 4.49. The Balaban J connectivity index is 1.25. The number of hydrogen-bond donors (Lipinski definition) is 2. The van der Waals surface area contributed by atoms with Crippen molar-refractivity contribution in [3.05, 3.63) is 88.7 Å². The van der Waals surface area contributed by atoms with Crippen LogP contribution >= 0.6 is 23.6 Å². The molecule has 1 amide bonds. The normalized spacial score (nSPS) is 13.7. The summed E-state index contributed by atoms with van der Waals surface area (Å²) in [6, 6.07) is 16.0. The summed E-state index contributed by atoms with van der Waals surface area (Å²) < 4.78 is 21.8. The minimum Gasteiger partial charge on any atom is -0.453 e. The fourth-order valence-corrected chi connectivity index (χ4v) is 5.61. The van der Waals surface area contributed by atoms with Gasteiger partial charge in [0.05, 0.1) is 16.6 Å². The first-order chi connectivity index (χ1) is 18.4. The number of thiophene rings is 1. The molecule has 2 aromatic heterocycles. The number of carbonyl (C=O) groups is 1. The molecule has 1 aliphatic rings. The number of benzene rings is 2. The number of ether oxygens (including phenoxy) is 1. The fraction of sp³-hybridized carbons (Fsp3) is 0.207. The fourth-order valence-electron chi connectivity index (χ4n) is 4.24. The van der Waals surface area contributed by atoms with Crippen molar-refractivity contribution in [3.8, 4) is 11.5 Å². The van der Waals surface area contributed by atoms with Gasteiger partial charge in [0.1, 0.15) is 5.75 Å². The van der Waals surface area contributed by atoms with E-state index in [1.165, 1.54) is 17.7 Å². The Morgan fingerprint density at radius 2 is 2.03 bits per heavy atom. The van der Waals surface area contributed by atoms with E-state index >= 15 is 0 Å². The number of anilines is 1. The maximum absolute atomic E-state index is 15.0. The molecule has 2 N–H and O–H groups in total. The lowest BCUT2D eigenvalue weighted by molar-refractivity contribution is -0.119. The molecule has 0 saturated heterocycles. The minimum atomic E-state index is -0.552. The summed E-state index contributed by atoms with van der Waals surface area (Å²) in [5, 5.41) is 5.61. The third-order valence-electron chi connectivity index (χ3n) is 6.38. The zero-order valence-corrected chi connectivity index (χ0v) is 22.7. The van der Waals surface area contributed by atoms with E-state index in [2.05, 4.69) is 39.7 Å². The third kappa shape index (κ3) is 6.07. The molecule has 5 rings (SSSR count). The number of carbonyl (C=O) groups excluding carboxylic acids is 1. The van der Waals surface area contributed by atoms with Crippen LogP contribution in [0.3, 0.4) is 0 Å². The van der Waals surface area contributed by atoms with Crippen LogP contribution in [0.25, 0.3) is 15.8 Å². The van der Waals surface area contributed by atoms with Crippen LogP contribution in [-0.4, -0.2) is 41.0 Å². The third-order valence-corrected chi connectivity index (χ3v) is 7.80. The number of aromatic nitrogens is 1. The van der Waals surface area contributed by atoms with Gasteiger partial charge in [-0.3, -0.25) is 9.78 Å². The van der Waals surface area contributed by atoms with Crippen molar-refractivity contribution in [2.24, 2.45) is 0 Å². The van der Waals surface area contributed by atoms with Gasteiger partial charge in [0.25, 0.3) is 0 Å². The summed E-state index contributed by atoms with van der Waals surface area (Å²) in [6.07, 6.45) is 5.10. The van der Waals surface area contributed by atoms with Crippen molar-refractivity contribution in [2.45, 2.75) is 19.8 Å². The topological polar surface area (TPSA) is 66.5 Å². The first-order valence-electron chi connectivity index (χ1n) is 12.2. The van der Waals surface area contributed by atoms with Crippen molar-refractivity contribution < 1.29 is 13.9 Å². The van der Waals surface area contributed by atoms with Crippen molar-refractivity contribution in [3.63, 3.8) is 0 Å². The van der Waals surface area contributed by atoms with Crippen molar-refractivity contribution in [1.29, 1.82) is 0 Å². The molecular formula is C29H27FN4O2S2. The molecule has 1 aliphatic heterocycles. The van der Waals surface area contributed by atoms with Crippen LogP contribution in [0, 0.1) is 12.7 Å². The monoisotopic (exact) mass is 546 g/mol. The molecule has 0 saturated carbocycles. The number of fused-ring (bicyclic) bond motifs is 1. The van der Waals surface area contributed by atoms with Gasteiger partial charge in [-0.25, -0.2) is 4.39 Å². The van der Waals surface area contributed by atoms with Gasteiger partial charge in [0.2, 0.25) is 5.91 Å². The maximum Gasteiger partial charge on any atom is 0.230 e. The lowest BCUT2D eigenvalue weighted by Crippen LogP contribution is -2.35. The molecule has 38 heavy (non-hydrogen) atoms. The zero-order chi connectivity index (χ0) is 26.6. The summed E-state index contributed by atoms with van der Waals surface area (Å²) in [4.78, 5) is 20.3. The van der Waals surface area contributed by atoms with Crippen LogP contribution in [0.5, 0.6) is 11.5 Å². The van der Waals surface area contributed by atoms with Gasteiger partial charge in [-0.1, -0.05) is 30.3 Å². The SMILES string of the molecule is Cc1ccccc1CC(=O)NC(=S)Nc1ccc(Oc2ccnc3cc(C4=CCN(C)CC4)sc23)c(F)c1. The van der Waals surface area contributed by atoms with Crippen LogP contribution in [0.1, 0.15) is 22.4 Å². The second-order valence-corrected chi connectivity index (χ2v) is 10.7. The van der Waals surface area contributed by atoms with Crippen molar-refractivity contribution >= 4 is 56.1 Å². The molecule has 2 aromatic carbocycles. The molecule has 3 heterocycles. The molecule has 9 heteroatoms. The number of hydrogen-bond acceptors (Lipinski definition) is 6. The lowest BCUT2D eigenvalue weighted by atomic mass is 10.1. The number of nitrogens with one attached hydrogen (secondary N) is 2. The van der Waals surface area contributed by atoms with Crippen molar-refractivity contribution in [2.75, 3.05) is 25.5 Å². The average molecular weight is 547 g/mol. The van der Waals surface area contributed by atoms with Gasteiger partial charge >= 0.3 is 0 Å². The summed E-state index contributed by atoms with van der Waals surface area (Å²) in [7, 11) is 2.11.